The summed E-state index contributed by atoms with van der Waals surface area (Å²) in [5, 5.41) is 0. The van der Waals surface area contributed by atoms with Gasteiger partial charge in [0.1, 0.15) is 5.75 Å². The van der Waals surface area contributed by atoms with Crippen molar-refractivity contribution in [1.82, 2.24) is 9.97 Å². The molecule has 0 radical (unpaired) electrons. The summed E-state index contributed by atoms with van der Waals surface area (Å²) in [4.78, 5) is 32.5. The van der Waals surface area contributed by atoms with Crippen LogP contribution in [0.2, 0.25) is 0 Å². The first-order chi connectivity index (χ1) is 10.1. The molecule has 1 aliphatic rings. The Morgan fingerprint density at radius 1 is 1.19 bits per heavy atom. The van der Waals surface area contributed by atoms with Crippen LogP contribution in [0, 0.1) is 0 Å². The van der Waals surface area contributed by atoms with E-state index in [4.69, 9.17) is 4.74 Å². The Morgan fingerprint density at radius 2 is 1.95 bits per heavy atom. The maximum Gasteiger partial charge on any atom is 0.321 e. The number of amides is 1. The molecular formula is C14H10BrN3O3. The highest BCUT2D eigenvalue weighted by atomic mass is 79.9. The maximum absolute atomic E-state index is 11.7. The van der Waals surface area contributed by atoms with Gasteiger partial charge < -0.3 is 9.64 Å². The third kappa shape index (κ3) is 3.08. The fourth-order valence-electron chi connectivity index (χ4n) is 1.99. The molecule has 7 heteroatoms. The lowest BCUT2D eigenvalue weighted by atomic mass is 10.3. The van der Waals surface area contributed by atoms with Crippen molar-refractivity contribution in [2.45, 2.75) is 6.42 Å². The van der Waals surface area contributed by atoms with Crippen LogP contribution in [-0.4, -0.2) is 28.2 Å². The van der Waals surface area contributed by atoms with E-state index in [9.17, 15) is 9.59 Å². The highest BCUT2D eigenvalue weighted by Gasteiger charge is 2.28. The van der Waals surface area contributed by atoms with Crippen LogP contribution in [0.1, 0.15) is 6.42 Å². The Bertz CT molecular complexity index is 703. The average Bonchev–Trinajstić information content (AvgIpc) is 2.81. The van der Waals surface area contributed by atoms with Crippen molar-refractivity contribution in [2.24, 2.45) is 0 Å². The van der Waals surface area contributed by atoms with Crippen LogP contribution in [0.25, 0.3) is 0 Å². The summed E-state index contributed by atoms with van der Waals surface area (Å²) in [5.74, 6) is 0.224. The zero-order valence-electron chi connectivity index (χ0n) is 10.8. The lowest BCUT2D eigenvalue weighted by Crippen LogP contribution is -2.24. The normalized spacial score (nSPS) is 14.6. The second-order valence-electron chi connectivity index (χ2n) is 4.48. The van der Waals surface area contributed by atoms with Gasteiger partial charge in [0.25, 0.3) is 0 Å². The van der Waals surface area contributed by atoms with Crippen LogP contribution >= 0.6 is 15.9 Å². The lowest BCUT2D eigenvalue weighted by Gasteiger charge is -2.15. The van der Waals surface area contributed by atoms with Gasteiger partial charge in [0.05, 0.1) is 17.4 Å². The molecule has 1 fully saturated rings. The van der Waals surface area contributed by atoms with Crippen molar-refractivity contribution in [1.29, 1.82) is 0 Å². The number of anilines is 1. The molecule has 106 valence electrons. The summed E-state index contributed by atoms with van der Waals surface area (Å²) in [6.07, 6.45) is 3.12. The fourth-order valence-corrected chi connectivity index (χ4v) is 2.20. The highest BCUT2D eigenvalue weighted by Crippen LogP contribution is 2.26. The van der Waals surface area contributed by atoms with Crippen molar-refractivity contribution >= 4 is 33.3 Å². The van der Waals surface area contributed by atoms with E-state index in [-0.39, 0.29) is 30.7 Å². The van der Waals surface area contributed by atoms with Crippen LogP contribution in [0.15, 0.2) is 41.1 Å². The minimum Gasteiger partial charge on any atom is -0.424 e. The lowest BCUT2D eigenvalue weighted by molar-refractivity contribution is -0.121. The number of nitrogens with zero attached hydrogens (tertiary/aromatic N) is 3. The third-order valence-electron chi connectivity index (χ3n) is 2.92. The van der Waals surface area contributed by atoms with Crippen molar-refractivity contribution in [3.05, 3.63) is 41.1 Å². The zero-order chi connectivity index (χ0) is 14.8. The summed E-state index contributed by atoms with van der Waals surface area (Å²) < 4.78 is 6.28. The van der Waals surface area contributed by atoms with Gasteiger partial charge in [-0.25, -0.2) is 9.97 Å². The zero-order valence-corrected chi connectivity index (χ0v) is 12.4. The molecule has 0 unspecified atom stereocenters. The predicted octanol–water partition coefficient (Wildman–Crippen LogP) is 2.34. The van der Waals surface area contributed by atoms with Crippen molar-refractivity contribution in [2.75, 3.05) is 11.4 Å². The van der Waals surface area contributed by atoms with Crippen LogP contribution in [0.3, 0.4) is 0 Å². The number of Topliss-reactive ketones (excluding diaryl/α,β-unsaturated/α-hetero) is 1. The predicted molar refractivity (Wildman–Crippen MR) is 78.2 cm³/mol. The monoisotopic (exact) mass is 347 g/mol. The Kier molecular flexibility index (Phi) is 3.66. The summed E-state index contributed by atoms with van der Waals surface area (Å²) >= 11 is 3.24. The molecular weight excluding hydrogens is 338 g/mol. The third-order valence-corrected chi connectivity index (χ3v) is 3.33. The number of benzene rings is 1. The minimum atomic E-state index is -0.197. The summed E-state index contributed by atoms with van der Waals surface area (Å²) in [7, 11) is 0. The quantitative estimate of drug-likeness (QED) is 0.796. The van der Waals surface area contributed by atoms with E-state index in [1.807, 2.05) is 0 Å². The largest absolute Gasteiger partial charge is 0.424 e. The molecule has 6 nitrogen and oxygen atoms in total. The number of rotatable bonds is 3. The molecule has 3 rings (SSSR count). The first-order valence-electron chi connectivity index (χ1n) is 6.19. The van der Waals surface area contributed by atoms with E-state index < -0.39 is 0 Å². The SMILES string of the molecule is O=C1CC(=O)N(c2cccc(Oc3ncc(Br)cn3)c2)C1. The first-order valence-corrected chi connectivity index (χ1v) is 6.98. The molecule has 2 aromatic rings. The molecule has 0 N–H and O–H groups in total. The standard InChI is InChI=1S/C14H10BrN3O3/c15-9-6-16-14(17-7-9)21-12-3-1-2-10(4-12)18-8-11(19)5-13(18)20/h1-4,6-7H,5,8H2. The van der Waals surface area contributed by atoms with Crippen LogP contribution in [0.5, 0.6) is 11.8 Å². The molecule has 0 atom stereocenters. The van der Waals surface area contributed by atoms with E-state index in [1.165, 1.54) is 4.90 Å². The molecule has 1 saturated heterocycles. The summed E-state index contributed by atoms with van der Waals surface area (Å²) in [6.45, 7) is 0.108. The van der Waals surface area contributed by atoms with Gasteiger partial charge in [-0.15, -0.1) is 0 Å². The van der Waals surface area contributed by atoms with E-state index in [0.717, 1.165) is 4.47 Å². The molecule has 0 spiro atoms. The van der Waals surface area contributed by atoms with Gasteiger partial charge in [-0.2, -0.15) is 0 Å². The van der Waals surface area contributed by atoms with Gasteiger partial charge in [-0.05, 0) is 28.1 Å². The van der Waals surface area contributed by atoms with E-state index in [2.05, 4.69) is 25.9 Å². The van der Waals surface area contributed by atoms with E-state index in [1.54, 1.807) is 36.7 Å². The van der Waals surface area contributed by atoms with Crippen LogP contribution in [0.4, 0.5) is 5.69 Å². The number of carbonyl (C=O) groups is 2. The number of carbonyl (C=O) groups excluding carboxylic acids is 2. The number of ketones is 1. The molecule has 21 heavy (non-hydrogen) atoms. The van der Waals surface area contributed by atoms with Crippen molar-refractivity contribution in [3.8, 4) is 11.8 Å². The Balaban J connectivity index is 1.81. The van der Waals surface area contributed by atoms with E-state index in [0.29, 0.717) is 11.4 Å². The molecule has 1 aromatic carbocycles. The number of hydrogen-bond acceptors (Lipinski definition) is 5. The van der Waals surface area contributed by atoms with Gasteiger partial charge in [0.2, 0.25) is 5.91 Å². The van der Waals surface area contributed by atoms with E-state index >= 15 is 0 Å². The molecule has 2 heterocycles. The molecule has 1 aliphatic heterocycles. The van der Waals surface area contributed by atoms with Gasteiger partial charge >= 0.3 is 6.01 Å². The molecule has 0 bridgehead atoms. The number of halogens is 1. The van der Waals surface area contributed by atoms with Gasteiger partial charge in [-0.1, -0.05) is 6.07 Å². The highest BCUT2D eigenvalue weighted by molar-refractivity contribution is 9.10. The Labute approximate surface area is 128 Å². The maximum atomic E-state index is 11.7. The number of ether oxygens (including phenoxy) is 1. The van der Waals surface area contributed by atoms with Crippen LogP contribution < -0.4 is 9.64 Å². The molecule has 1 amide bonds. The molecule has 0 saturated carbocycles. The smallest absolute Gasteiger partial charge is 0.321 e. The van der Waals surface area contributed by atoms with Crippen molar-refractivity contribution < 1.29 is 14.3 Å². The first kappa shape index (κ1) is 13.7. The topological polar surface area (TPSA) is 72.4 Å². The van der Waals surface area contributed by atoms with Gasteiger partial charge in [0.15, 0.2) is 5.78 Å². The Morgan fingerprint density at radius 3 is 2.62 bits per heavy atom. The molecule has 0 aliphatic carbocycles. The fraction of sp³-hybridized carbons (Fsp3) is 0.143. The van der Waals surface area contributed by atoms with Gasteiger partial charge in [-0.3, -0.25) is 9.59 Å². The Hall–Kier alpha value is -2.28. The number of aromatic nitrogens is 2. The van der Waals surface area contributed by atoms with Gasteiger partial charge in [0, 0.05) is 24.1 Å². The molecule has 1 aromatic heterocycles. The average molecular weight is 348 g/mol. The second-order valence-corrected chi connectivity index (χ2v) is 5.39. The van der Waals surface area contributed by atoms with Crippen molar-refractivity contribution in [3.63, 3.8) is 0 Å². The summed E-state index contributed by atoms with van der Waals surface area (Å²) in [5.41, 5.74) is 0.625. The van der Waals surface area contributed by atoms with Crippen LogP contribution in [-0.2, 0) is 9.59 Å². The summed E-state index contributed by atoms with van der Waals surface area (Å²) in [6, 6.07) is 7.13. The number of hydrogen-bond donors (Lipinski definition) is 0. The minimum absolute atomic E-state index is 0.0408. The second kappa shape index (κ2) is 5.61.